The van der Waals surface area contributed by atoms with Gasteiger partial charge in [0.25, 0.3) is 0 Å². The smallest absolute Gasteiger partial charge is 0.146 e. The van der Waals surface area contributed by atoms with E-state index in [0.717, 1.165) is 12.1 Å². The lowest BCUT2D eigenvalue weighted by molar-refractivity contribution is 0.610. The zero-order chi connectivity index (χ0) is 11.7. The Hall–Kier alpha value is -1.09. The van der Waals surface area contributed by atoms with Crippen molar-refractivity contribution in [2.24, 2.45) is 5.73 Å². The number of benzene rings is 1. The molecule has 0 heterocycles. The van der Waals surface area contributed by atoms with Gasteiger partial charge < -0.3 is 10.6 Å². The molecule has 1 aromatic rings. The summed E-state index contributed by atoms with van der Waals surface area (Å²) in [5, 5.41) is 0. The first-order valence-corrected chi connectivity index (χ1v) is 5.95. The summed E-state index contributed by atoms with van der Waals surface area (Å²) in [7, 11) is 0. The highest BCUT2D eigenvalue weighted by molar-refractivity contribution is 5.57. The minimum Gasteiger partial charge on any atom is -0.366 e. The molecule has 1 fully saturated rings. The Kier molecular flexibility index (Phi) is 3.15. The van der Waals surface area contributed by atoms with Crippen LogP contribution in [0.4, 0.5) is 10.1 Å². The summed E-state index contributed by atoms with van der Waals surface area (Å²) in [5.74, 6) is -0.149. The molecule has 0 amide bonds. The first kappa shape index (κ1) is 11.4. The van der Waals surface area contributed by atoms with E-state index < -0.39 is 0 Å². The zero-order valence-corrected chi connectivity index (χ0v) is 9.91. The van der Waals surface area contributed by atoms with Crippen molar-refractivity contribution >= 4 is 5.69 Å². The number of nitrogens with zero attached hydrogens (tertiary/aromatic N) is 1. The van der Waals surface area contributed by atoms with Gasteiger partial charge in [0.1, 0.15) is 5.82 Å². The van der Waals surface area contributed by atoms with Crippen LogP contribution in [0.2, 0.25) is 0 Å². The van der Waals surface area contributed by atoms with E-state index in [1.807, 2.05) is 13.0 Å². The lowest BCUT2D eigenvalue weighted by atomic mass is 10.1. The lowest BCUT2D eigenvalue weighted by Crippen LogP contribution is -2.28. The Bertz CT molecular complexity index is 372. The molecule has 1 aliphatic rings. The summed E-state index contributed by atoms with van der Waals surface area (Å²) in [4.78, 5) is 2.15. The van der Waals surface area contributed by atoms with E-state index in [9.17, 15) is 4.39 Å². The molecule has 0 spiro atoms. The van der Waals surface area contributed by atoms with Crippen molar-refractivity contribution in [2.45, 2.75) is 38.8 Å². The number of para-hydroxylation sites is 1. The molecule has 88 valence electrons. The SMILES string of the molecule is CCN(c1c(F)cccc1C(C)N)C1CC1. The van der Waals surface area contributed by atoms with Crippen LogP contribution in [0.3, 0.4) is 0 Å². The third-order valence-electron chi connectivity index (χ3n) is 3.12. The van der Waals surface area contributed by atoms with Crippen LogP contribution in [-0.4, -0.2) is 12.6 Å². The average Bonchev–Trinajstić information content (AvgIpc) is 3.05. The maximum atomic E-state index is 13.9. The average molecular weight is 222 g/mol. The predicted molar refractivity (Wildman–Crippen MR) is 65.0 cm³/mol. The van der Waals surface area contributed by atoms with Gasteiger partial charge in [-0.25, -0.2) is 4.39 Å². The minimum atomic E-state index is -0.149. The van der Waals surface area contributed by atoms with Crippen LogP contribution < -0.4 is 10.6 Å². The van der Waals surface area contributed by atoms with Gasteiger partial charge in [-0.15, -0.1) is 0 Å². The summed E-state index contributed by atoms with van der Waals surface area (Å²) in [6.07, 6.45) is 2.33. The van der Waals surface area contributed by atoms with Crippen LogP contribution in [0.5, 0.6) is 0 Å². The van der Waals surface area contributed by atoms with E-state index in [1.54, 1.807) is 6.07 Å². The molecule has 1 saturated carbocycles. The quantitative estimate of drug-likeness (QED) is 0.848. The standard InChI is InChI=1S/C13H19FN2/c1-3-16(10-7-8-10)13-11(9(2)15)5-4-6-12(13)14/h4-6,9-10H,3,7-8,15H2,1-2H3. The molecular formula is C13H19FN2. The molecule has 0 aromatic heterocycles. The largest absolute Gasteiger partial charge is 0.366 e. The van der Waals surface area contributed by atoms with Gasteiger partial charge in [-0.3, -0.25) is 0 Å². The number of anilines is 1. The monoisotopic (exact) mass is 222 g/mol. The molecule has 0 radical (unpaired) electrons. The van der Waals surface area contributed by atoms with E-state index in [-0.39, 0.29) is 11.9 Å². The first-order chi connectivity index (χ1) is 7.65. The molecular weight excluding hydrogens is 203 g/mol. The molecule has 2 rings (SSSR count). The second-order valence-corrected chi connectivity index (χ2v) is 4.48. The predicted octanol–water partition coefficient (Wildman–Crippen LogP) is 2.83. The topological polar surface area (TPSA) is 29.3 Å². The number of rotatable bonds is 4. The van der Waals surface area contributed by atoms with Gasteiger partial charge in [0, 0.05) is 18.6 Å². The van der Waals surface area contributed by atoms with Crippen molar-refractivity contribution in [3.63, 3.8) is 0 Å². The molecule has 3 heteroatoms. The summed E-state index contributed by atoms with van der Waals surface area (Å²) in [6, 6.07) is 5.57. The lowest BCUT2D eigenvalue weighted by Gasteiger charge is -2.27. The molecule has 0 bridgehead atoms. The van der Waals surface area contributed by atoms with Crippen LogP contribution in [0, 0.1) is 5.82 Å². The molecule has 1 atom stereocenters. The molecule has 0 saturated heterocycles. The Morgan fingerprint density at radius 2 is 2.19 bits per heavy atom. The fourth-order valence-corrected chi connectivity index (χ4v) is 2.19. The molecule has 2 nitrogen and oxygen atoms in total. The highest BCUT2D eigenvalue weighted by Gasteiger charge is 2.31. The van der Waals surface area contributed by atoms with Crippen LogP contribution in [0.15, 0.2) is 18.2 Å². The van der Waals surface area contributed by atoms with E-state index in [0.29, 0.717) is 11.7 Å². The Labute approximate surface area is 96.2 Å². The number of halogens is 1. The number of hydrogen-bond donors (Lipinski definition) is 1. The summed E-state index contributed by atoms with van der Waals surface area (Å²) < 4.78 is 13.9. The van der Waals surface area contributed by atoms with Crippen molar-refractivity contribution in [3.05, 3.63) is 29.6 Å². The Balaban J connectivity index is 2.43. The van der Waals surface area contributed by atoms with Gasteiger partial charge in [0.15, 0.2) is 0 Å². The minimum absolute atomic E-state index is 0.126. The van der Waals surface area contributed by atoms with Crippen molar-refractivity contribution in [1.82, 2.24) is 0 Å². The third-order valence-corrected chi connectivity index (χ3v) is 3.12. The van der Waals surface area contributed by atoms with Crippen molar-refractivity contribution < 1.29 is 4.39 Å². The van der Waals surface area contributed by atoms with Crippen LogP contribution in [0.25, 0.3) is 0 Å². The third kappa shape index (κ3) is 2.05. The number of hydrogen-bond acceptors (Lipinski definition) is 2. The van der Waals surface area contributed by atoms with Crippen LogP contribution in [-0.2, 0) is 0 Å². The van der Waals surface area contributed by atoms with Crippen molar-refractivity contribution in [2.75, 3.05) is 11.4 Å². The molecule has 2 N–H and O–H groups in total. The van der Waals surface area contributed by atoms with Gasteiger partial charge in [0.05, 0.1) is 5.69 Å². The second kappa shape index (κ2) is 4.42. The van der Waals surface area contributed by atoms with Crippen molar-refractivity contribution in [3.8, 4) is 0 Å². The van der Waals surface area contributed by atoms with E-state index >= 15 is 0 Å². The van der Waals surface area contributed by atoms with Crippen molar-refractivity contribution in [1.29, 1.82) is 0 Å². The van der Waals surface area contributed by atoms with E-state index in [1.165, 1.54) is 18.9 Å². The van der Waals surface area contributed by atoms with Gasteiger partial charge in [0.2, 0.25) is 0 Å². The fourth-order valence-electron chi connectivity index (χ4n) is 2.19. The van der Waals surface area contributed by atoms with Gasteiger partial charge in [-0.2, -0.15) is 0 Å². The summed E-state index contributed by atoms with van der Waals surface area (Å²) in [6.45, 7) is 4.81. The normalized spacial score (nSPS) is 17.2. The maximum Gasteiger partial charge on any atom is 0.146 e. The molecule has 0 aliphatic heterocycles. The first-order valence-electron chi connectivity index (χ1n) is 5.95. The van der Waals surface area contributed by atoms with Crippen LogP contribution in [0.1, 0.15) is 38.3 Å². The molecule has 1 unspecified atom stereocenters. The van der Waals surface area contributed by atoms with E-state index in [4.69, 9.17) is 5.73 Å². The summed E-state index contributed by atoms with van der Waals surface area (Å²) in [5.41, 5.74) is 7.52. The summed E-state index contributed by atoms with van der Waals surface area (Å²) >= 11 is 0. The Morgan fingerprint density at radius 3 is 2.69 bits per heavy atom. The highest BCUT2D eigenvalue weighted by atomic mass is 19.1. The van der Waals surface area contributed by atoms with Gasteiger partial charge in [-0.1, -0.05) is 12.1 Å². The van der Waals surface area contributed by atoms with E-state index in [2.05, 4.69) is 11.8 Å². The maximum absolute atomic E-state index is 13.9. The fraction of sp³-hybridized carbons (Fsp3) is 0.538. The number of nitrogens with two attached hydrogens (primary N) is 1. The molecule has 1 aromatic carbocycles. The highest BCUT2D eigenvalue weighted by Crippen LogP contribution is 2.36. The zero-order valence-electron chi connectivity index (χ0n) is 9.91. The Morgan fingerprint density at radius 1 is 1.50 bits per heavy atom. The molecule has 16 heavy (non-hydrogen) atoms. The second-order valence-electron chi connectivity index (χ2n) is 4.48. The van der Waals surface area contributed by atoms with Gasteiger partial charge >= 0.3 is 0 Å². The van der Waals surface area contributed by atoms with Crippen LogP contribution >= 0.6 is 0 Å². The molecule has 1 aliphatic carbocycles. The van der Waals surface area contributed by atoms with Gasteiger partial charge in [-0.05, 0) is 38.3 Å².